The Morgan fingerprint density at radius 1 is 1.29 bits per heavy atom. The SMILES string of the molecule is CCNC(=NCCc1ccccc1)NC1C2CCOC2C1(C)C.I. The van der Waals surface area contributed by atoms with Gasteiger partial charge in [0.05, 0.1) is 6.10 Å². The number of nitrogens with zero attached hydrogens (tertiary/aromatic N) is 1. The Kier molecular flexibility index (Phi) is 6.92. The molecule has 0 amide bonds. The van der Waals surface area contributed by atoms with Crippen molar-refractivity contribution in [2.45, 2.75) is 45.8 Å². The molecule has 4 nitrogen and oxygen atoms in total. The molecule has 3 rings (SSSR count). The summed E-state index contributed by atoms with van der Waals surface area (Å²) in [5.74, 6) is 1.56. The molecule has 134 valence electrons. The summed E-state index contributed by atoms with van der Waals surface area (Å²) in [6, 6.07) is 11.0. The van der Waals surface area contributed by atoms with E-state index < -0.39 is 0 Å². The van der Waals surface area contributed by atoms with E-state index in [-0.39, 0.29) is 29.4 Å². The third-order valence-electron chi connectivity index (χ3n) is 5.25. The summed E-state index contributed by atoms with van der Waals surface area (Å²) in [5, 5.41) is 7.04. The number of hydrogen-bond donors (Lipinski definition) is 2. The van der Waals surface area contributed by atoms with Gasteiger partial charge in [0, 0.05) is 37.1 Å². The molecule has 0 bridgehead atoms. The van der Waals surface area contributed by atoms with E-state index in [1.807, 2.05) is 0 Å². The molecule has 2 aliphatic rings. The number of ether oxygens (including phenoxy) is 1. The summed E-state index contributed by atoms with van der Waals surface area (Å²) >= 11 is 0. The van der Waals surface area contributed by atoms with Crippen LogP contribution in [0.5, 0.6) is 0 Å². The van der Waals surface area contributed by atoms with E-state index in [2.05, 4.69) is 61.7 Å². The van der Waals surface area contributed by atoms with Gasteiger partial charge in [-0.05, 0) is 25.3 Å². The average Bonchev–Trinajstić information content (AvgIpc) is 3.00. The molecule has 1 heterocycles. The van der Waals surface area contributed by atoms with Gasteiger partial charge in [-0.15, -0.1) is 24.0 Å². The van der Waals surface area contributed by atoms with E-state index in [1.54, 1.807) is 0 Å². The number of nitrogens with one attached hydrogen (secondary N) is 2. The van der Waals surface area contributed by atoms with Gasteiger partial charge in [0.25, 0.3) is 0 Å². The lowest BCUT2D eigenvalue weighted by atomic mass is 9.57. The Morgan fingerprint density at radius 3 is 2.75 bits per heavy atom. The van der Waals surface area contributed by atoms with Gasteiger partial charge in [0.15, 0.2) is 5.96 Å². The highest BCUT2D eigenvalue weighted by atomic mass is 127. The highest BCUT2D eigenvalue weighted by Gasteiger charge is 2.59. The van der Waals surface area contributed by atoms with Gasteiger partial charge in [0.1, 0.15) is 0 Å². The van der Waals surface area contributed by atoms with Crippen LogP contribution < -0.4 is 10.6 Å². The molecule has 1 saturated heterocycles. The van der Waals surface area contributed by atoms with E-state index in [0.29, 0.717) is 18.1 Å². The Bertz CT molecular complexity index is 547. The first-order valence-electron chi connectivity index (χ1n) is 8.83. The van der Waals surface area contributed by atoms with Crippen LogP contribution in [0.1, 0.15) is 32.8 Å². The van der Waals surface area contributed by atoms with E-state index in [9.17, 15) is 0 Å². The van der Waals surface area contributed by atoms with Crippen molar-refractivity contribution in [2.75, 3.05) is 19.7 Å². The van der Waals surface area contributed by atoms with E-state index in [1.165, 1.54) is 5.56 Å². The summed E-state index contributed by atoms with van der Waals surface area (Å²) in [5.41, 5.74) is 1.51. The monoisotopic (exact) mass is 443 g/mol. The highest BCUT2D eigenvalue weighted by molar-refractivity contribution is 14.0. The summed E-state index contributed by atoms with van der Waals surface area (Å²) in [6.45, 7) is 9.29. The second kappa shape index (κ2) is 8.52. The smallest absolute Gasteiger partial charge is 0.191 e. The molecular formula is C19H30IN3O. The van der Waals surface area contributed by atoms with Crippen molar-refractivity contribution >= 4 is 29.9 Å². The predicted octanol–water partition coefficient (Wildman–Crippen LogP) is 3.22. The van der Waals surface area contributed by atoms with E-state index in [0.717, 1.165) is 38.5 Å². The van der Waals surface area contributed by atoms with Gasteiger partial charge in [-0.1, -0.05) is 44.2 Å². The Morgan fingerprint density at radius 2 is 2.04 bits per heavy atom. The molecule has 2 fully saturated rings. The molecule has 1 aromatic carbocycles. The van der Waals surface area contributed by atoms with Crippen molar-refractivity contribution in [2.24, 2.45) is 16.3 Å². The third-order valence-corrected chi connectivity index (χ3v) is 5.25. The zero-order valence-electron chi connectivity index (χ0n) is 14.9. The fourth-order valence-corrected chi connectivity index (χ4v) is 4.03. The number of halogens is 1. The summed E-state index contributed by atoms with van der Waals surface area (Å²) in [7, 11) is 0. The molecule has 5 heteroatoms. The minimum atomic E-state index is 0. The van der Waals surface area contributed by atoms with Crippen molar-refractivity contribution in [1.29, 1.82) is 0 Å². The highest BCUT2D eigenvalue weighted by Crippen LogP contribution is 2.52. The van der Waals surface area contributed by atoms with Crippen LogP contribution in [0.25, 0.3) is 0 Å². The van der Waals surface area contributed by atoms with Crippen LogP contribution in [0.15, 0.2) is 35.3 Å². The molecule has 3 atom stereocenters. The van der Waals surface area contributed by atoms with Crippen molar-refractivity contribution in [3.8, 4) is 0 Å². The van der Waals surface area contributed by atoms with Crippen LogP contribution in [-0.4, -0.2) is 37.8 Å². The lowest BCUT2D eigenvalue weighted by molar-refractivity contribution is -0.106. The van der Waals surface area contributed by atoms with E-state index >= 15 is 0 Å². The first-order chi connectivity index (χ1) is 11.1. The number of hydrogen-bond acceptors (Lipinski definition) is 2. The van der Waals surface area contributed by atoms with Gasteiger partial charge in [0.2, 0.25) is 0 Å². The quantitative estimate of drug-likeness (QED) is 0.418. The number of fused-ring (bicyclic) bond motifs is 1. The summed E-state index contributed by atoms with van der Waals surface area (Å²) in [4.78, 5) is 4.76. The Balaban J connectivity index is 0.00000208. The molecule has 3 unspecified atom stereocenters. The number of benzene rings is 1. The molecule has 1 aliphatic heterocycles. The summed E-state index contributed by atoms with van der Waals surface area (Å²) in [6.07, 6.45) is 2.54. The first-order valence-corrected chi connectivity index (χ1v) is 8.83. The topological polar surface area (TPSA) is 45.7 Å². The molecular weight excluding hydrogens is 413 g/mol. The second-order valence-corrected chi connectivity index (χ2v) is 7.18. The molecule has 0 aromatic heterocycles. The first kappa shape index (κ1) is 19.5. The summed E-state index contributed by atoms with van der Waals surface area (Å²) < 4.78 is 5.88. The number of aliphatic imine (C=N–C) groups is 1. The Labute approximate surface area is 162 Å². The largest absolute Gasteiger partial charge is 0.377 e. The van der Waals surface area contributed by atoms with Crippen molar-refractivity contribution in [1.82, 2.24) is 10.6 Å². The number of guanidine groups is 1. The van der Waals surface area contributed by atoms with Gasteiger partial charge >= 0.3 is 0 Å². The minimum Gasteiger partial charge on any atom is -0.377 e. The van der Waals surface area contributed by atoms with Crippen molar-refractivity contribution < 1.29 is 4.74 Å². The fraction of sp³-hybridized carbons (Fsp3) is 0.632. The van der Waals surface area contributed by atoms with E-state index in [4.69, 9.17) is 9.73 Å². The molecule has 1 aliphatic carbocycles. The van der Waals surface area contributed by atoms with Gasteiger partial charge in [-0.2, -0.15) is 0 Å². The average molecular weight is 443 g/mol. The second-order valence-electron chi connectivity index (χ2n) is 7.18. The third kappa shape index (κ3) is 4.04. The van der Waals surface area contributed by atoms with Crippen molar-refractivity contribution in [3.63, 3.8) is 0 Å². The maximum Gasteiger partial charge on any atom is 0.191 e. The van der Waals surface area contributed by atoms with Crippen LogP contribution in [0, 0.1) is 11.3 Å². The van der Waals surface area contributed by atoms with Crippen LogP contribution >= 0.6 is 24.0 Å². The molecule has 24 heavy (non-hydrogen) atoms. The van der Waals surface area contributed by atoms with Gasteiger partial charge < -0.3 is 15.4 Å². The normalized spacial score (nSPS) is 27.6. The lowest BCUT2D eigenvalue weighted by Crippen LogP contribution is -2.68. The van der Waals surface area contributed by atoms with Crippen LogP contribution in [0.3, 0.4) is 0 Å². The molecule has 2 N–H and O–H groups in total. The maximum absolute atomic E-state index is 5.88. The van der Waals surface area contributed by atoms with Crippen LogP contribution in [-0.2, 0) is 11.2 Å². The zero-order chi connectivity index (χ0) is 16.3. The number of rotatable bonds is 5. The van der Waals surface area contributed by atoms with Gasteiger partial charge in [-0.25, -0.2) is 0 Å². The van der Waals surface area contributed by atoms with Crippen LogP contribution in [0.2, 0.25) is 0 Å². The molecule has 0 radical (unpaired) electrons. The standard InChI is InChI=1S/C19H29N3O.HI/c1-4-20-18(21-12-10-14-8-6-5-7-9-14)22-16-15-11-13-23-17(15)19(16,2)3;/h5-9,15-17H,4,10-13H2,1-3H3,(H2,20,21,22);1H. The molecule has 0 spiro atoms. The predicted molar refractivity (Wildman–Crippen MR) is 110 cm³/mol. The zero-order valence-corrected chi connectivity index (χ0v) is 17.2. The molecule has 1 saturated carbocycles. The lowest BCUT2D eigenvalue weighted by Gasteiger charge is -2.54. The van der Waals surface area contributed by atoms with Crippen molar-refractivity contribution in [3.05, 3.63) is 35.9 Å². The van der Waals surface area contributed by atoms with Gasteiger partial charge in [-0.3, -0.25) is 4.99 Å². The fourth-order valence-electron chi connectivity index (χ4n) is 4.03. The molecule has 1 aromatic rings. The van der Waals surface area contributed by atoms with Crippen LogP contribution in [0.4, 0.5) is 0 Å². The minimum absolute atomic E-state index is 0. The maximum atomic E-state index is 5.88. The Hall–Kier alpha value is -0.820.